The zero-order valence-corrected chi connectivity index (χ0v) is 19.5. The van der Waals surface area contributed by atoms with Gasteiger partial charge >= 0.3 is 0 Å². The number of unbranched alkanes of at least 4 members (excludes halogenated alkanes) is 1. The summed E-state index contributed by atoms with van der Waals surface area (Å²) in [6.07, 6.45) is 2.53. The summed E-state index contributed by atoms with van der Waals surface area (Å²) < 4.78 is 5.34. The Morgan fingerprint density at radius 1 is 1.24 bits per heavy atom. The number of amides is 3. The minimum atomic E-state index is -1.01. The van der Waals surface area contributed by atoms with Crippen molar-refractivity contribution in [3.63, 3.8) is 0 Å². The van der Waals surface area contributed by atoms with Crippen LogP contribution in [0, 0.1) is 5.92 Å². The number of nitrogens with one attached hydrogen (secondary N) is 4. The molecule has 3 atom stereocenters. The lowest BCUT2D eigenvalue weighted by atomic mass is 9.95. The van der Waals surface area contributed by atoms with Crippen LogP contribution in [-0.4, -0.2) is 65.9 Å². The number of benzene rings is 1. The normalized spacial score (nSPS) is 17.1. The number of fused-ring (bicyclic) bond motifs is 1. The maximum atomic E-state index is 13.1. The van der Waals surface area contributed by atoms with Crippen LogP contribution in [0.2, 0.25) is 0 Å². The molecule has 1 fully saturated rings. The van der Waals surface area contributed by atoms with Gasteiger partial charge in [-0.1, -0.05) is 25.8 Å². The number of Topliss-reactive ketones (excluding diaryl/α,β-unsaturated/α-hetero) is 1. The zero-order valence-electron chi connectivity index (χ0n) is 19.5. The van der Waals surface area contributed by atoms with E-state index in [-0.39, 0.29) is 18.0 Å². The standard InChI is InChI=1S/C24H32N4O6/c1-3-4-6-17(23(32)28-18(20(30)13-29)11-14-9-10-25-22(14)31)27-24(33)19-12-15-16(26-19)7-5-8-21(15)34-2/h5,7-8,12,14,17-18,26,29H,3-4,6,9-11,13H2,1-2H3,(H,25,31)(H,27,33)(H,28,32). The molecule has 34 heavy (non-hydrogen) atoms. The highest BCUT2D eigenvalue weighted by Crippen LogP contribution is 2.26. The van der Waals surface area contributed by atoms with E-state index >= 15 is 0 Å². The fourth-order valence-electron chi connectivity index (χ4n) is 4.15. The van der Waals surface area contributed by atoms with E-state index < -0.39 is 42.2 Å². The third kappa shape index (κ3) is 5.93. The molecule has 3 amide bonds. The predicted molar refractivity (Wildman–Crippen MR) is 125 cm³/mol. The van der Waals surface area contributed by atoms with E-state index in [0.717, 1.165) is 17.3 Å². The highest BCUT2D eigenvalue weighted by molar-refractivity contribution is 6.02. The molecule has 0 aliphatic carbocycles. The molecule has 1 aromatic heterocycles. The molecule has 1 saturated heterocycles. The number of aliphatic hydroxyl groups is 1. The van der Waals surface area contributed by atoms with Gasteiger partial charge in [0.05, 0.1) is 13.2 Å². The Labute approximate surface area is 197 Å². The third-order valence-electron chi connectivity index (χ3n) is 6.10. The molecule has 10 heteroatoms. The molecule has 3 unspecified atom stereocenters. The van der Waals surface area contributed by atoms with Crippen molar-refractivity contribution in [1.29, 1.82) is 0 Å². The fourth-order valence-corrected chi connectivity index (χ4v) is 4.15. The van der Waals surface area contributed by atoms with Crippen LogP contribution in [0.5, 0.6) is 5.75 Å². The maximum Gasteiger partial charge on any atom is 0.268 e. The molecule has 0 bridgehead atoms. The van der Waals surface area contributed by atoms with Crippen molar-refractivity contribution in [1.82, 2.24) is 20.9 Å². The highest BCUT2D eigenvalue weighted by atomic mass is 16.5. The molecule has 1 aromatic carbocycles. The van der Waals surface area contributed by atoms with Crippen LogP contribution >= 0.6 is 0 Å². The van der Waals surface area contributed by atoms with Crippen molar-refractivity contribution < 1.29 is 29.0 Å². The van der Waals surface area contributed by atoms with Crippen LogP contribution in [0.3, 0.4) is 0 Å². The molecule has 0 spiro atoms. The molecule has 3 rings (SSSR count). The number of carbonyl (C=O) groups excluding carboxylic acids is 4. The second-order valence-electron chi connectivity index (χ2n) is 8.47. The Hall–Kier alpha value is -3.40. The van der Waals surface area contributed by atoms with Crippen molar-refractivity contribution in [2.75, 3.05) is 20.3 Å². The number of ketones is 1. The number of hydrogen-bond donors (Lipinski definition) is 5. The summed E-state index contributed by atoms with van der Waals surface area (Å²) in [6, 6.07) is 5.18. The summed E-state index contributed by atoms with van der Waals surface area (Å²) in [6.45, 7) is 1.74. The van der Waals surface area contributed by atoms with Crippen LogP contribution in [0.4, 0.5) is 0 Å². The first-order valence-electron chi connectivity index (χ1n) is 11.6. The first kappa shape index (κ1) is 25.2. The van der Waals surface area contributed by atoms with Crippen molar-refractivity contribution in [3.8, 4) is 5.75 Å². The van der Waals surface area contributed by atoms with E-state index in [1.54, 1.807) is 25.3 Å². The first-order chi connectivity index (χ1) is 16.4. The van der Waals surface area contributed by atoms with Gasteiger partial charge in [-0.25, -0.2) is 0 Å². The maximum absolute atomic E-state index is 13.1. The van der Waals surface area contributed by atoms with Crippen molar-refractivity contribution in [2.24, 2.45) is 5.92 Å². The number of methoxy groups -OCH3 is 1. The molecule has 2 aromatic rings. The lowest BCUT2D eigenvalue weighted by Crippen LogP contribution is -2.52. The van der Waals surface area contributed by atoms with E-state index in [0.29, 0.717) is 31.6 Å². The minimum absolute atomic E-state index is 0.104. The number of aromatic amines is 1. The summed E-state index contributed by atoms with van der Waals surface area (Å²) in [5.74, 6) is -1.53. The number of aromatic nitrogens is 1. The summed E-state index contributed by atoms with van der Waals surface area (Å²) in [4.78, 5) is 53.3. The van der Waals surface area contributed by atoms with E-state index in [2.05, 4.69) is 20.9 Å². The molecule has 2 heterocycles. The lowest BCUT2D eigenvalue weighted by Gasteiger charge is -2.23. The zero-order chi connectivity index (χ0) is 24.7. The molecular formula is C24H32N4O6. The van der Waals surface area contributed by atoms with Gasteiger partial charge in [-0.3, -0.25) is 19.2 Å². The van der Waals surface area contributed by atoms with Gasteiger partial charge in [0.2, 0.25) is 11.8 Å². The Kier molecular flexibility index (Phi) is 8.64. The van der Waals surface area contributed by atoms with Crippen LogP contribution < -0.4 is 20.7 Å². The number of hydrogen-bond acceptors (Lipinski definition) is 6. The topological polar surface area (TPSA) is 150 Å². The van der Waals surface area contributed by atoms with Gasteiger partial charge in [-0.15, -0.1) is 0 Å². The van der Waals surface area contributed by atoms with E-state index in [9.17, 15) is 24.3 Å². The Morgan fingerprint density at radius 3 is 2.68 bits per heavy atom. The summed E-state index contributed by atoms with van der Waals surface area (Å²) >= 11 is 0. The fraction of sp³-hybridized carbons (Fsp3) is 0.500. The van der Waals surface area contributed by atoms with Crippen LogP contribution in [-0.2, 0) is 14.4 Å². The van der Waals surface area contributed by atoms with E-state index in [1.807, 2.05) is 13.0 Å². The van der Waals surface area contributed by atoms with Crippen LogP contribution in [0.25, 0.3) is 10.9 Å². The van der Waals surface area contributed by atoms with Gasteiger partial charge in [-0.05, 0) is 37.5 Å². The number of aliphatic hydroxyl groups excluding tert-OH is 1. The molecule has 184 valence electrons. The minimum Gasteiger partial charge on any atom is -0.496 e. The number of H-pyrrole nitrogens is 1. The quantitative estimate of drug-likeness (QED) is 0.312. The number of carbonyl (C=O) groups is 4. The number of rotatable bonds is 12. The van der Waals surface area contributed by atoms with Crippen LogP contribution in [0.1, 0.15) is 49.5 Å². The summed E-state index contributed by atoms with van der Waals surface area (Å²) in [5, 5.41) is 18.2. The molecule has 10 nitrogen and oxygen atoms in total. The highest BCUT2D eigenvalue weighted by Gasteiger charge is 2.32. The van der Waals surface area contributed by atoms with Crippen molar-refractivity contribution in [2.45, 2.75) is 51.1 Å². The van der Waals surface area contributed by atoms with Crippen LogP contribution in [0.15, 0.2) is 24.3 Å². The number of ether oxygens (including phenoxy) is 1. The molecule has 1 aliphatic rings. The second kappa shape index (κ2) is 11.6. The van der Waals surface area contributed by atoms with Gasteiger partial charge in [0.1, 0.15) is 24.1 Å². The van der Waals surface area contributed by atoms with Gasteiger partial charge in [0, 0.05) is 23.4 Å². The Bertz CT molecular complexity index is 1050. The molecule has 5 N–H and O–H groups in total. The van der Waals surface area contributed by atoms with Gasteiger partial charge in [0.25, 0.3) is 5.91 Å². The monoisotopic (exact) mass is 472 g/mol. The predicted octanol–water partition coefficient (Wildman–Crippen LogP) is 1.04. The smallest absolute Gasteiger partial charge is 0.268 e. The first-order valence-corrected chi connectivity index (χ1v) is 11.6. The Balaban J connectivity index is 1.74. The molecular weight excluding hydrogens is 440 g/mol. The van der Waals surface area contributed by atoms with E-state index in [1.165, 1.54) is 0 Å². The molecule has 1 aliphatic heterocycles. The van der Waals surface area contributed by atoms with Gasteiger partial charge in [0.15, 0.2) is 5.78 Å². The largest absolute Gasteiger partial charge is 0.496 e. The Morgan fingerprint density at radius 2 is 2.03 bits per heavy atom. The average Bonchev–Trinajstić information content (AvgIpc) is 3.46. The summed E-state index contributed by atoms with van der Waals surface area (Å²) in [7, 11) is 1.55. The van der Waals surface area contributed by atoms with E-state index in [4.69, 9.17) is 4.74 Å². The lowest BCUT2D eigenvalue weighted by molar-refractivity contribution is -0.131. The third-order valence-corrected chi connectivity index (χ3v) is 6.10. The van der Waals surface area contributed by atoms with Crippen molar-refractivity contribution in [3.05, 3.63) is 30.0 Å². The van der Waals surface area contributed by atoms with Gasteiger partial charge < -0.3 is 30.8 Å². The average molecular weight is 473 g/mol. The second-order valence-corrected chi connectivity index (χ2v) is 8.47. The summed E-state index contributed by atoms with van der Waals surface area (Å²) in [5.41, 5.74) is 1.00. The van der Waals surface area contributed by atoms with Crippen molar-refractivity contribution >= 4 is 34.4 Å². The SMILES string of the molecule is CCCCC(NC(=O)c1cc2c(OC)cccc2[nH]1)C(=O)NC(CC1CCNC1=O)C(=O)CO. The molecule has 0 saturated carbocycles. The van der Waals surface area contributed by atoms with Gasteiger partial charge in [-0.2, -0.15) is 0 Å². The molecule has 0 radical (unpaired) electrons.